The standard InChI is InChI=1S/C13H20BClO2/c1-5-11(15)14-16-10-7-8-6-9(12(8,2)3)13(10,4)17-14/h5,8-11H,1,6-7H2,2-4H3/t8-,9-,10+,11+,13-/m0/s1. The molecule has 0 amide bonds. The molecule has 4 rings (SSSR count). The molecule has 0 aromatic carbocycles. The molecule has 2 bridgehead atoms. The van der Waals surface area contributed by atoms with Crippen LogP contribution in [0.15, 0.2) is 12.7 Å². The topological polar surface area (TPSA) is 18.5 Å². The van der Waals surface area contributed by atoms with Gasteiger partial charge in [-0.3, -0.25) is 0 Å². The Morgan fingerprint density at radius 1 is 1.41 bits per heavy atom. The predicted molar refractivity (Wildman–Crippen MR) is 70.0 cm³/mol. The molecule has 4 fully saturated rings. The molecule has 0 radical (unpaired) electrons. The Labute approximate surface area is 109 Å². The summed E-state index contributed by atoms with van der Waals surface area (Å²) in [5.74, 6) is 1.38. The van der Waals surface area contributed by atoms with Gasteiger partial charge >= 0.3 is 7.12 Å². The highest BCUT2D eigenvalue weighted by Crippen LogP contribution is 2.65. The van der Waals surface area contributed by atoms with Crippen molar-refractivity contribution in [3.05, 3.63) is 12.7 Å². The minimum atomic E-state index is -0.320. The summed E-state index contributed by atoms with van der Waals surface area (Å²) in [6.45, 7) is 10.6. The summed E-state index contributed by atoms with van der Waals surface area (Å²) < 4.78 is 12.2. The van der Waals surface area contributed by atoms with Crippen LogP contribution in [0.5, 0.6) is 0 Å². The molecule has 0 N–H and O–H groups in total. The van der Waals surface area contributed by atoms with Crippen LogP contribution in [-0.2, 0) is 9.31 Å². The van der Waals surface area contributed by atoms with E-state index in [1.54, 1.807) is 6.08 Å². The van der Waals surface area contributed by atoms with Crippen molar-refractivity contribution in [3.8, 4) is 0 Å². The van der Waals surface area contributed by atoms with E-state index in [1.807, 2.05) is 0 Å². The maximum Gasteiger partial charge on any atom is 0.480 e. The minimum Gasteiger partial charge on any atom is -0.404 e. The summed E-state index contributed by atoms with van der Waals surface area (Å²) in [6, 6.07) is 0. The summed E-state index contributed by atoms with van der Waals surface area (Å²) in [4.78, 5) is 0. The van der Waals surface area contributed by atoms with Crippen LogP contribution in [0.1, 0.15) is 33.6 Å². The third-order valence-electron chi connectivity index (χ3n) is 5.45. The highest BCUT2D eigenvalue weighted by molar-refractivity contribution is 6.60. The Hall–Kier alpha value is 0.0149. The maximum atomic E-state index is 6.17. The molecular weight excluding hydrogens is 234 g/mol. The number of hydrogen-bond acceptors (Lipinski definition) is 2. The fourth-order valence-corrected chi connectivity index (χ4v) is 4.26. The first-order chi connectivity index (χ1) is 7.89. The molecule has 5 atom stereocenters. The van der Waals surface area contributed by atoms with E-state index in [9.17, 15) is 0 Å². The first kappa shape index (κ1) is 12.1. The van der Waals surface area contributed by atoms with Crippen molar-refractivity contribution in [2.24, 2.45) is 17.3 Å². The zero-order chi connectivity index (χ0) is 12.4. The van der Waals surface area contributed by atoms with E-state index in [4.69, 9.17) is 20.9 Å². The molecule has 3 aliphatic carbocycles. The average Bonchev–Trinajstić information content (AvgIpc) is 2.64. The Balaban J connectivity index is 1.85. The monoisotopic (exact) mass is 254 g/mol. The second-order valence-corrected chi connectivity index (χ2v) is 7.02. The Morgan fingerprint density at radius 2 is 2.12 bits per heavy atom. The fourth-order valence-electron chi connectivity index (χ4n) is 4.15. The number of rotatable bonds is 2. The lowest BCUT2D eigenvalue weighted by Crippen LogP contribution is -2.65. The molecular formula is C13H20BClO2. The first-order valence-corrected chi connectivity index (χ1v) is 6.93. The largest absolute Gasteiger partial charge is 0.480 e. The van der Waals surface area contributed by atoms with Gasteiger partial charge in [-0.15, -0.1) is 18.2 Å². The third-order valence-corrected chi connectivity index (χ3v) is 5.84. The van der Waals surface area contributed by atoms with Crippen LogP contribution < -0.4 is 0 Å². The zero-order valence-corrected chi connectivity index (χ0v) is 11.5. The summed E-state index contributed by atoms with van der Waals surface area (Å²) in [5, 5.41) is -0.252. The molecule has 4 aliphatic rings. The van der Waals surface area contributed by atoms with Gasteiger partial charge in [0.1, 0.15) is 0 Å². The van der Waals surface area contributed by atoms with Crippen LogP contribution in [0, 0.1) is 17.3 Å². The van der Waals surface area contributed by atoms with Gasteiger partial charge in [-0.25, -0.2) is 0 Å². The Kier molecular flexibility index (Phi) is 2.50. The van der Waals surface area contributed by atoms with Crippen LogP contribution in [0.4, 0.5) is 0 Å². The van der Waals surface area contributed by atoms with Gasteiger partial charge in [0, 0.05) is 0 Å². The van der Waals surface area contributed by atoms with Crippen LogP contribution in [0.3, 0.4) is 0 Å². The smallest absolute Gasteiger partial charge is 0.404 e. The van der Waals surface area contributed by atoms with Gasteiger partial charge in [-0.2, -0.15) is 0 Å². The summed E-state index contributed by atoms with van der Waals surface area (Å²) in [6.07, 6.45) is 4.29. The average molecular weight is 255 g/mol. The van der Waals surface area contributed by atoms with Gasteiger partial charge in [0.25, 0.3) is 0 Å². The second-order valence-electron chi connectivity index (χ2n) is 6.52. The Morgan fingerprint density at radius 3 is 2.71 bits per heavy atom. The van der Waals surface area contributed by atoms with E-state index < -0.39 is 0 Å². The molecule has 3 saturated carbocycles. The van der Waals surface area contributed by atoms with E-state index in [0.717, 1.165) is 12.3 Å². The normalized spacial score (nSPS) is 48.2. The molecule has 2 nitrogen and oxygen atoms in total. The molecule has 94 valence electrons. The van der Waals surface area contributed by atoms with Crippen LogP contribution in [0.25, 0.3) is 0 Å². The molecule has 1 aliphatic heterocycles. The highest BCUT2D eigenvalue weighted by atomic mass is 35.5. The van der Waals surface area contributed by atoms with Crippen LogP contribution in [0.2, 0.25) is 0 Å². The highest BCUT2D eigenvalue weighted by Gasteiger charge is 2.68. The maximum absolute atomic E-state index is 6.17. The number of hydrogen-bond donors (Lipinski definition) is 0. The molecule has 0 spiro atoms. The van der Waals surface area contributed by atoms with Gasteiger partial charge in [0.05, 0.1) is 17.0 Å². The molecule has 0 aromatic heterocycles. The molecule has 1 saturated heterocycles. The van der Waals surface area contributed by atoms with Crippen molar-refractivity contribution >= 4 is 18.7 Å². The van der Waals surface area contributed by atoms with Gasteiger partial charge in [0.15, 0.2) is 0 Å². The van der Waals surface area contributed by atoms with E-state index in [-0.39, 0.29) is 24.1 Å². The lowest BCUT2D eigenvalue weighted by atomic mass is 9.43. The zero-order valence-electron chi connectivity index (χ0n) is 10.8. The summed E-state index contributed by atoms with van der Waals surface area (Å²) in [5.41, 5.74) is 0.235. The molecule has 17 heavy (non-hydrogen) atoms. The van der Waals surface area contributed by atoms with Crippen LogP contribution in [-0.4, -0.2) is 24.1 Å². The van der Waals surface area contributed by atoms with E-state index in [1.165, 1.54) is 6.42 Å². The van der Waals surface area contributed by atoms with Crippen molar-refractivity contribution in [2.45, 2.75) is 50.6 Å². The predicted octanol–water partition coefficient (Wildman–Crippen LogP) is 3.05. The van der Waals surface area contributed by atoms with Gasteiger partial charge in [-0.1, -0.05) is 19.9 Å². The molecule has 4 heteroatoms. The second kappa shape index (κ2) is 3.52. The third kappa shape index (κ3) is 1.42. The molecule has 0 aromatic rings. The lowest BCUT2D eigenvalue weighted by molar-refractivity contribution is -0.199. The Bertz CT molecular complexity index is 359. The van der Waals surface area contributed by atoms with E-state index in [0.29, 0.717) is 11.3 Å². The van der Waals surface area contributed by atoms with Crippen molar-refractivity contribution in [1.29, 1.82) is 0 Å². The van der Waals surface area contributed by atoms with Gasteiger partial charge in [-0.05, 0) is 37.0 Å². The van der Waals surface area contributed by atoms with E-state index in [2.05, 4.69) is 27.4 Å². The van der Waals surface area contributed by atoms with Crippen LogP contribution >= 0.6 is 11.6 Å². The number of allylic oxidation sites excluding steroid dienone is 1. The number of alkyl halides is 1. The quantitative estimate of drug-likeness (QED) is 0.428. The fraction of sp³-hybridized carbons (Fsp3) is 0.846. The molecule has 0 unspecified atom stereocenters. The van der Waals surface area contributed by atoms with Crippen molar-refractivity contribution in [1.82, 2.24) is 0 Å². The first-order valence-electron chi connectivity index (χ1n) is 6.49. The molecule has 1 heterocycles. The van der Waals surface area contributed by atoms with E-state index >= 15 is 0 Å². The van der Waals surface area contributed by atoms with Gasteiger partial charge in [0.2, 0.25) is 0 Å². The van der Waals surface area contributed by atoms with Crippen molar-refractivity contribution in [2.75, 3.05) is 0 Å². The van der Waals surface area contributed by atoms with Gasteiger partial charge < -0.3 is 9.31 Å². The lowest BCUT2D eigenvalue weighted by Gasteiger charge is -2.64. The minimum absolute atomic E-state index is 0.154. The summed E-state index contributed by atoms with van der Waals surface area (Å²) in [7, 11) is -0.320. The number of halogens is 1. The van der Waals surface area contributed by atoms with Crippen molar-refractivity contribution in [3.63, 3.8) is 0 Å². The summed E-state index contributed by atoms with van der Waals surface area (Å²) >= 11 is 6.16. The van der Waals surface area contributed by atoms with Crippen molar-refractivity contribution < 1.29 is 9.31 Å². The SMILES string of the molecule is C=C[C@@H](Cl)B1O[C@@H]2C[C@@H]3C[C@@H](C3(C)C)[C@]2(C)O1.